The molecule has 0 aliphatic carbocycles. The number of rotatable bonds is 5. The van der Waals surface area contributed by atoms with E-state index in [0.717, 1.165) is 16.9 Å². The maximum absolute atomic E-state index is 12.7. The molecule has 1 heterocycles. The van der Waals surface area contributed by atoms with Crippen LogP contribution in [0.15, 0.2) is 103 Å². The molecular weight excluding hydrogens is 405 g/mol. The Morgan fingerprint density at radius 1 is 0.793 bits per heavy atom. The van der Waals surface area contributed by atoms with Gasteiger partial charge >= 0.3 is 5.97 Å². The van der Waals surface area contributed by atoms with E-state index >= 15 is 0 Å². The molecule has 1 aliphatic heterocycles. The molecule has 1 unspecified atom stereocenters. The van der Waals surface area contributed by atoms with Crippen LogP contribution >= 0.6 is 23.2 Å². The van der Waals surface area contributed by atoms with Crippen molar-refractivity contribution in [2.75, 3.05) is 4.90 Å². The molecule has 3 nitrogen and oxygen atoms in total. The van der Waals surface area contributed by atoms with Gasteiger partial charge in [0.15, 0.2) is 0 Å². The van der Waals surface area contributed by atoms with Gasteiger partial charge in [-0.15, -0.1) is 0 Å². The highest BCUT2D eigenvalue weighted by Crippen LogP contribution is 2.42. The fourth-order valence-electron chi connectivity index (χ4n) is 3.40. The van der Waals surface area contributed by atoms with E-state index in [-0.39, 0.29) is 0 Å². The molecule has 0 spiro atoms. The Morgan fingerprint density at radius 2 is 1.28 bits per heavy atom. The van der Waals surface area contributed by atoms with Gasteiger partial charge in [0, 0.05) is 17.8 Å². The molecule has 3 aromatic carbocycles. The molecular formula is C24H19Cl2NO2. The quantitative estimate of drug-likeness (QED) is 0.369. The SMILES string of the molecule is O=C1OC(Cc2ccccc2)=CC(N(c2ccccc2)c2ccccc2)C1(Cl)Cl. The summed E-state index contributed by atoms with van der Waals surface area (Å²) in [5.41, 5.74) is 2.78. The minimum Gasteiger partial charge on any atom is -0.429 e. The molecule has 0 N–H and O–H groups in total. The average Bonchev–Trinajstić information content (AvgIpc) is 2.74. The zero-order chi connectivity index (χ0) is 20.3. The number of halogens is 2. The van der Waals surface area contributed by atoms with Crippen molar-refractivity contribution >= 4 is 40.5 Å². The molecule has 0 saturated heterocycles. The summed E-state index contributed by atoms with van der Waals surface area (Å²) in [6, 6.07) is 28.6. The topological polar surface area (TPSA) is 29.5 Å². The Balaban J connectivity index is 1.80. The molecule has 1 aliphatic rings. The van der Waals surface area contributed by atoms with E-state index in [1.54, 1.807) is 0 Å². The molecule has 3 aromatic rings. The lowest BCUT2D eigenvalue weighted by atomic mass is 10.0. The highest BCUT2D eigenvalue weighted by atomic mass is 35.5. The molecule has 146 valence electrons. The number of hydrogen-bond donors (Lipinski definition) is 0. The van der Waals surface area contributed by atoms with E-state index in [1.165, 1.54) is 0 Å². The number of allylic oxidation sites excluding steroid dienone is 1. The van der Waals surface area contributed by atoms with Gasteiger partial charge in [0.05, 0.1) is 6.04 Å². The van der Waals surface area contributed by atoms with Crippen LogP contribution in [0.25, 0.3) is 0 Å². The normalized spacial score (nSPS) is 17.9. The monoisotopic (exact) mass is 423 g/mol. The third-order valence-corrected chi connectivity index (χ3v) is 5.54. The molecule has 5 heteroatoms. The minimum atomic E-state index is -1.76. The first kappa shape index (κ1) is 19.6. The van der Waals surface area contributed by atoms with Crippen molar-refractivity contribution in [3.8, 4) is 0 Å². The predicted octanol–water partition coefficient (Wildman–Crippen LogP) is 6.05. The van der Waals surface area contributed by atoms with Crippen LogP contribution in [0, 0.1) is 0 Å². The summed E-state index contributed by atoms with van der Waals surface area (Å²) >= 11 is 13.1. The third-order valence-electron chi connectivity index (χ3n) is 4.78. The Kier molecular flexibility index (Phi) is 5.61. The number of para-hydroxylation sites is 2. The fraction of sp³-hybridized carbons (Fsp3) is 0.125. The van der Waals surface area contributed by atoms with Crippen LogP contribution < -0.4 is 4.90 Å². The first-order valence-electron chi connectivity index (χ1n) is 9.30. The minimum absolute atomic E-state index is 0.477. The van der Waals surface area contributed by atoms with Crippen molar-refractivity contribution < 1.29 is 9.53 Å². The fourth-order valence-corrected chi connectivity index (χ4v) is 3.80. The van der Waals surface area contributed by atoms with Gasteiger partial charge in [-0.05, 0) is 35.9 Å². The molecule has 0 amide bonds. The van der Waals surface area contributed by atoms with E-state index in [9.17, 15) is 4.79 Å². The Labute approximate surface area is 180 Å². The molecule has 0 bridgehead atoms. The number of benzene rings is 3. The first-order valence-corrected chi connectivity index (χ1v) is 10.1. The largest absolute Gasteiger partial charge is 0.429 e. The number of esters is 1. The van der Waals surface area contributed by atoms with Gasteiger partial charge in [0.25, 0.3) is 0 Å². The zero-order valence-corrected chi connectivity index (χ0v) is 17.1. The number of carbonyl (C=O) groups excluding carboxylic acids is 1. The summed E-state index contributed by atoms with van der Waals surface area (Å²) in [5.74, 6) is -0.142. The van der Waals surface area contributed by atoms with E-state index in [2.05, 4.69) is 0 Å². The summed E-state index contributed by atoms with van der Waals surface area (Å²) in [5, 5.41) is 0. The summed E-state index contributed by atoms with van der Waals surface area (Å²) in [6.45, 7) is 0. The van der Waals surface area contributed by atoms with E-state index in [4.69, 9.17) is 27.9 Å². The van der Waals surface area contributed by atoms with Crippen molar-refractivity contribution in [1.82, 2.24) is 0 Å². The maximum Gasteiger partial charge on any atom is 0.350 e. The average molecular weight is 424 g/mol. The van der Waals surface area contributed by atoms with Crippen LogP contribution in [-0.4, -0.2) is 16.3 Å². The lowest BCUT2D eigenvalue weighted by molar-refractivity contribution is -0.141. The van der Waals surface area contributed by atoms with Gasteiger partial charge in [-0.25, -0.2) is 4.79 Å². The Morgan fingerprint density at radius 3 is 1.79 bits per heavy atom. The summed E-state index contributed by atoms with van der Waals surface area (Å²) in [6.07, 6.45) is 2.32. The van der Waals surface area contributed by atoms with Gasteiger partial charge in [0.1, 0.15) is 5.76 Å². The number of hydrogen-bond acceptors (Lipinski definition) is 3. The van der Waals surface area contributed by atoms with Crippen LogP contribution in [0.2, 0.25) is 0 Å². The van der Waals surface area contributed by atoms with Crippen LogP contribution in [-0.2, 0) is 16.0 Å². The van der Waals surface area contributed by atoms with Gasteiger partial charge in [-0.1, -0.05) is 89.9 Å². The number of cyclic esters (lactones) is 1. The third kappa shape index (κ3) is 4.16. The van der Waals surface area contributed by atoms with Crippen molar-refractivity contribution in [2.45, 2.75) is 16.8 Å². The summed E-state index contributed by atoms with van der Waals surface area (Å²) in [7, 11) is 0. The second kappa shape index (κ2) is 8.32. The molecule has 29 heavy (non-hydrogen) atoms. The molecule has 1 atom stereocenters. The van der Waals surface area contributed by atoms with E-state index < -0.39 is 16.3 Å². The number of carbonyl (C=O) groups is 1. The lowest BCUT2D eigenvalue weighted by Crippen LogP contribution is -2.51. The van der Waals surface area contributed by atoms with Gasteiger partial charge < -0.3 is 9.64 Å². The van der Waals surface area contributed by atoms with Crippen molar-refractivity contribution in [1.29, 1.82) is 0 Å². The zero-order valence-electron chi connectivity index (χ0n) is 15.5. The van der Waals surface area contributed by atoms with E-state index in [1.807, 2.05) is 102 Å². The maximum atomic E-state index is 12.7. The van der Waals surface area contributed by atoms with Crippen molar-refractivity contribution in [2.24, 2.45) is 0 Å². The smallest absolute Gasteiger partial charge is 0.350 e. The second-order valence-corrected chi connectivity index (χ2v) is 8.18. The molecule has 4 rings (SSSR count). The number of anilines is 2. The van der Waals surface area contributed by atoms with Gasteiger partial charge in [-0.2, -0.15) is 0 Å². The lowest BCUT2D eigenvalue weighted by Gasteiger charge is -2.40. The molecule has 0 saturated carbocycles. The number of nitrogens with zero attached hydrogens (tertiary/aromatic N) is 1. The first-order chi connectivity index (χ1) is 14.1. The molecule has 0 fully saturated rings. The van der Waals surface area contributed by atoms with Crippen LogP contribution in [0.3, 0.4) is 0 Å². The summed E-state index contributed by atoms with van der Waals surface area (Å²) < 4.78 is 3.73. The highest BCUT2D eigenvalue weighted by molar-refractivity contribution is 6.58. The highest BCUT2D eigenvalue weighted by Gasteiger charge is 2.50. The van der Waals surface area contributed by atoms with Crippen molar-refractivity contribution in [3.05, 3.63) is 108 Å². The Bertz CT molecular complexity index is 965. The molecule has 0 aromatic heterocycles. The summed E-state index contributed by atoms with van der Waals surface area (Å²) in [4.78, 5) is 14.7. The standard InChI is InChI=1S/C24H19Cl2NO2/c25-24(26)22(17-21(29-23(24)28)16-18-10-4-1-5-11-18)27(19-12-6-2-7-13-19)20-14-8-3-9-15-20/h1-15,17,22H,16H2. The predicted molar refractivity (Wildman–Crippen MR) is 118 cm³/mol. The second-order valence-electron chi connectivity index (χ2n) is 6.79. The van der Waals surface area contributed by atoms with Crippen LogP contribution in [0.1, 0.15) is 5.56 Å². The van der Waals surface area contributed by atoms with Crippen LogP contribution in [0.5, 0.6) is 0 Å². The number of ether oxygens (including phenoxy) is 1. The Hall–Kier alpha value is -2.75. The van der Waals surface area contributed by atoms with E-state index in [0.29, 0.717) is 12.2 Å². The van der Waals surface area contributed by atoms with Crippen molar-refractivity contribution in [3.63, 3.8) is 0 Å². The van der Waals surface area contributed by atoms with Gasteiger partial charge in [-0.3, -0.25) is 0 Å². The van der Waals surface area contributed by atoms with Gasteiger partial charge in [0.2, 0.25) is 4.33 Å². The number of alkyl halides is 2. The molecule has 0 radical (unpaired) electrons. The van der Waals surface area contributed by atoms with Crippen LogP contribution in [0.4, 0.5) is 11.4 Å².